The van der Waals surface area contributed by atoms with Gasteiger partial charge in [-0.2, -0.15) is 12.6 Å². The van der Waals surface area contributed by atoms with Crippen molar-refractivity contribution in [2.45, 2.75) is 6.42 Å². The summed E-state index contributed by atoms with van der Waals surface area (Å²) >= 11 is 5.56. The van der Waals surface area contributed by atoms with Gasteiger partial charge in [0, 0.05) is 19.8 Å². The Morgan fingerprint density at radius 2 is 2.27 bits per heavy atom. The van der Waals surface area contributed by atoms with Gasteiger partial charge in [0.25, 0.3) is 0 Å². The molecule has 2 N–H and O–H groups in total. The number of ether oxygens (including phenoxy) is 1. The van der Waals surface area contributed by atoms with Gasteiger partial charge in [-0.1, -0.05) is 11.9 Å². The first-order chi connectivity index (χ1) is 5.41. The highest BCUT2D eigenvalue weighted by atomic mass is 32.2. The van der Waals surface area contributed by atoms with Gasteiger partial charge in [-0.3, -0.25) is 4.72 Å². The molecule has 0 aromatic carbocycles. The first-order valence-corrected chi connectivity index (χ1v) is 5.17. The summed E-state index contributed by atoms with van der Waals surface area (Å²) in [6.07, 6.45) is 0.722. The number of thiol groups is 1. The number of nitrogens with one attached hydrogen (secondary N) is 1. The van der Waals surface area contributed by atoms with Crippen molar-refractivity contribution in [1.29, 1.82) is 0 Å². The van der Waals surface area contributed by atoms with Crippen molar-refractivity contribution in [2.24, 2.45) is 0 Å². The molecule has 68 valence electrons. The molecule has 0 radical (unpaired) electrons. The van der Waals surface area contributed by atoms with Crippen LogP contribution in [0.25, 0.3) is 0 Å². The summed E-state index contributed by atoms with van der Waals surface area (Å²) in [4.78, 5) is 0. The van der Waals surface area contributed by atoms with E-state index in [1.165, 1.54) is 0 Å². The van der Waals surface area contributed by atoms with Crippen LogP contribution >= 0.6 is 24.6 Å². The molecule has 0 aromatic rings. The van der Waals surface area contributed by atoms with E-state index in [1.54, 1.807) is 11.9 Å². The van der Waals surface area contributed by atoms with E-state index in [1.807, 2.05) is 0 Å². The lowest BCUT2D eigenvalue weighted by Gasteiger charge is -2.02. The lowest BCUT2D eigenvalue weighted by molar-refractivity contribution is 0.121. The fraction of sp³-hybridized carbons (Fsp3) is 1.00. The highest BCUT2D eigenvalue weighted by molar-refractivity contribution is 8.08. The van der Waals surface area contributed by atoms with Gasteiger partial charge in [-0.25, -0.2) is 0 Å². The van der Waals surface area contributed by atoms with Gasteiger partial charge in [0.05, 0.1) is 11.7 Å². The maximum absolute atomic E-state index is 8.40. The van der Waals surface area contributed by atoms with Gasteiger partial charge in [0.1, 0.15) is 0 Å². The van der Waals surface area contributed by atoms with E-state index in [4.69, 9.17) is 9.84 Å². The number of hydrogen-bond acceptors (Lipinski definition) is 5. The van der Waals surface area contributed by atoms with E-state index in [0.717, 1.165) is 18.1 Å². The molecule has 5 heteroatoms. The Morgan fingerprint density at radius 3 is 2.91 bits per heavy atom. The molecule has 0 atom stereocenters. The van der Waals surface area contributed by atoms with Crippen LogP contribution in [0.1, 0.15) is 6.42 Å². The Hall–Kier alpha value is 0.580. The van der Waals surface area contributed by atoms with Gasteiger partial charge in [-0.05, 0) is 6.42 Å². The lowest BCUT2D eigenvalue weighted by Crippen LogP contribution is -2.13. The zero-order valence-corrected chi connectivity index (χ0v) is 8.16. The Morgan fingerprint density at radius 1 is 1.45 bits per heavy atom. The van der Waals surface area contributed by atoms with Crippen molar-refractivity contribution < 1.29 is 9.84 Å². The van der Waals surface area contributed by atoms with E-state index < -0.39 is 0 Å². The topological polar surface area (TPSA) is 41.5 Å². The molecule has 0 aliphatic rings. The SMILES string of the molecule is OCCCOCCNSCS. The van der Waals surface area contributed by atoms with E-state index in [0.29, 0.717) is 13.2 Å². The zero-order valence-electron chi connectivity index (χ0n) is 6.45. The Kier molecular flexibility index (Phi) is 11.1. The average Bonchev–Trinajstić information content (AvgIpc) is 2.03. The van der Waals surface area contributed by atoms with Crippen LogP contribution in [0.15, 0.2) is 0 Å². The first kappa shape index (κ1) is 11.6. The quantitative estimate of drug-likeness (QED) is 0.229. The van der Waals surface area contributed by atoms with Crippen molar-refractivity contribution in [3.8, 4) is 0 Å². The van der Waals surface area contributed by atoms with Gasteiger partial charge < -0.3 is 9.84 Å². The molecule has 0 fully saturated rings. The van der Waals surface area contributed by atoms with Crippen LogP contribution in [0.2, 0.25) is 0 Å². The molecule has 0 heterocycles. The van der Waals surface area contributed by atoms with Crippen LogP contribution in [-0.2, 0) is 4.74 Å². The van der Waals surface area contributed by atoms with Gasteiger partial charge in [-0.15, -0.1) is 0 Å². The van der Waals surface area contributed by atoms with Crippen molar-refractivity contribution in [2.75, 3.05) is 31.5 Å². The molecule has 0 unspecified atom stereocenters. The number of hydrogen-bond donors (Lipinski definition) is 3. The third-order valence-corrected chi connectivity index (χ3v) is 1.89. The van der Waals surface area contributed by atoms with Crippen molar-refractivity contribution in [1.82, 2.24) is 4.72 Å². The molecule has 0 aliphatic carbocycles. The molecule has 3 nitrogen and oxygen atoms in total. The van der Waals surface area contributed by atoms with Crippen LogP contribution in [0.3, 0.4) is 0 Å². The minimum absolute atomic E-state index is 0.207. The molecule has 0 bridgehead atoms. The molecule has 0 spiro atoms. The molecule has 0 amide bonds. The summed E-state index contributed by atoms with van der Waals surface area (Å²) < 4.78 is 8.22. The molecule has 0 saturated carbocycles. The molecular weight excluding hydrogens is 182 g/mol. The highest BCUT2D eigenvalue weighted by Crippen LogP contribution is 1.93. The Bertz CT molecular complexity index is 67.6. The summed E-state index contributed by atoms with van der Waals surface area (Å²) in [5.74, 6) is 0. The number of aliphatic hydroxyl groups is 1. The van der Waals surface area contributed by atoms with E-state index in [-0.39, 0.29) is 6.61 Å². The smallest absolute Gasteiger partial charge is 0.0600 e. The standard InChI is InChI=1S/C6H15NO2S2/c8-3-1-4-9-5-2-7-11-6-10/h7-8,10H,1-6H2. The number of rotatable bonds is 8. The first-order valence-electron chi connectivity index (χ1n) is 3.56. The number of aliphatic hydroxyl groups excluding tert-OH is 1. The third kappa shape index (κ3) is 10.6. The van der Waals surface area contributed by atoms with Gasteiger partial charge in [0.15, 0.2) is 0 Å². The molecule has 11 heavy (non-hydrogen) atoms. The second-order valence-electron chi connectivity index (χ2n) is 1.86. The summed E-state index contributed by atoms with van der Waals surface area (Å²) in [6.45, 7) is 2.37. The van der Waals surface area contributed by atoms with E-state index >= 15 is 0 Å². The van der Waals surface area contributed by atoms with Crippen LogP contribution in [0, 0.1) is 0 Å². The van der Waals surface area contributed by atoms with Crippen LogP contribution in [-0.4, -0.2) is 36.6 Å². The second-order valence-corrected chi connectivity index (χ2v) is 3.47. The van der Waals surface area contributed by atoms with Crippen molar-refractivity contribution in [3.63, 3.8) is 0 Å². The molecule has 0 saturated heterocycles. The molecular formula is C6H15NO2S2. The van der Waals surface area contributed by atoms with Gasteiger partial charge >= 0.3 is 0 Å². The minimum Gasteiger partial charge on any atom is -0.396 e. The Balaban J connectivity index is 2.69. The predicted molar refractivity (Wildman–Crippen MR) is 52.0 cm³/mol. The third-order valence-electron chi connectivity index (χ3n) is 0.962. The largest absolute Gasteiger partial charge is 0.396 e. The van der Waals surface area contributed by atoms with Crippen molar-refractivity contribution >= 4 is 24.6 Å². The Labute approximate surface area is 77.4 Å². The summed E-state index contributed by atoms with van der Waals surface area (Å²) in [5.41, 5.74) is 0. The minimum atomic E-state index is 0.207. The van der Waals surface area contributed by atoms with Crippen LogP contribution in [0.5, 0.6) is 0 Å². The highest BCUT2D eigenvalue weighted by Gasteiger charge is 1.87. The second kappa shape index (κ2) is 10.6. The van der Waals surface area contributed by atoms with Gasteiger partial charge in [0.2, 0.25) is 0 Å². The normalized spacial score (nSPS) is 10.4. The van der Waals surface area contributed by atoms with E-state index in [9.17, 15) is 0 Å². The maximum atomic E-state index is 8.40. The summed E-state index contributed by atoms with van der Waals surface area (Å²) in [7, 11) is 0. The monoisotopic (exact) mass is 197 g/mol. The molecule has 0 rings (SSSR count). The summed E-state index contributed by atoms with van der Waals surface area (Å²) in [6, 6.07) is 0. The fourth-order valence-electron chi connectivity index (χ4n) is 0.500. The van der Waals surface area contributed by atoms with Crippen LogP contribution < -0.4 is 4.72 Å². The molecule has 0 aromatic heterocycles. The maximum Gasteiger partial charge on any atom is 0.0600 e. The predicted octanol–water partition coefficient (Wildman–Crippen LogP) is 0.510. The fourth-order valence-corrected chi connectivity index (χ4v) is 1.09. The molecule has 0 aliphatic heterocycles. The average molecular weight is 197 g/mol. The summed E-state index contributed by atoms with van der Waals surface area (Å²) in [5, 5.41) is 9.17. The lowest BCUT2D eigenvalue weighted by atomic mass is 10.5. The van der Waals surface area contributed by atoms with Crippen LogP contribution in [0.4, 0.5) is 0 Å². The van der Waals surface area contributed by atoms with Crippen molar-refractivity contribution in [3.05, 3.63) is 0 Å². The van der Waals surface area contributed by atoms with E-state index in [2.05, 4.69) is 17.4 Å². The zero-order chi connectivity index (χ0) is 8.36.